The molecule has 0 spiro atoms. The van der Waals surface area contributed by atoms with E-state index in [9.17, 15) is 22.4 Å². The second kappa shape index (κ2) is 9.74. The Balaban J connectivity index is 1.48. The molecule has 0 unspecified atom stereocenters. The molecule has 2 heterocycles. The summed E-state index contributed by atoms with van der Waals surface area (Å²) in [5.41, 5.74) is 0.536. The zero-order valence-corrected chi connectivity index (χ0v) is 17.9. The van der Waals surface area contributed by atoms with Crippen molar-refractivity contribution >= 4 is 22.0 Å². The van der Waals surface area contributed by atoms with Crippen molar-refractivity contribution in [3.8, 4) is 0 Å². The SMILES string of the molecule is CCOC(=O)N1CCN(C(=O)C2CCN(S(=O)(=O)Cc3ccc(F)cc3)CC2)CC1. The van der Waals surface area contributed by atoms with Gasteiger partial charge in [0, 0.05) is 45.2 Å². The maximum atomic E-state index is 13.0. The van der Waals surface area contributed by atoms with Gasteiger partial charge in [0.15, 0.2) is 0 Å². The fourth-order valence-electron chi connectivity index (χ4n) is 3.85. The number of halogens is 1. The molecule has 0 aromatic heterocycles. The fourth-order valence-corrected chi connectivity index (χ4v) is 5.41. The van der Waals surface area contributed by atoms with Crippen molar-refractivity contribution in [3.63, 3.8) is 0 Å². The van der Waals surface area contributed by atoms with Gasteiger partial charge in [0.05, 0.1) is 12.4 Å². The number of benzene rings is 1. The van der Waals surface area contributed by atoms with Gasteiger partial charge in [-0.15, -0.1) is 0 Å². The van der Waals surface area contributed by atoms with Gasteiger partial charge in [-0.05, 0) is 37.5 Å². The highest BCUT2D eigenvalue weighted by Crippen LogP contribution is 2.24. The number of sulfonamides is 1. The molecule has 0 radical (unpaired) electrons. The molecule has 0 aliphatic carbocycles. The number of rotatable bonds is 5. The summed E-state index contributed by atoms with van der Waals surface area (Å²) in [5, 5.41) is 0. The molecule has 8 nitrogen and oxygen atoms in total. The molecule has 0 atom stereocenters. The first-order valence-corrected chi connectivity index (χ1v) is 11.8. The first kappa shape index (κ1) is 22.5. The van der Waals surface area contributed by atoms with Gasteiger partial charge in [-0.2, -0.15) is 0 Å². The summed E-state index contributed by atoms with van der Waals surface area (Å²) >= 11 is 0. The van der Waals surface area contributed by atoms with Crippen LogP contribution >= 0.6 is 0 Å². The molecule has 2 aliphatic heterocycles. The highest BCUT2D eigenvalue weighted by atomic mass is 32.2. The summed E-state index contributed by atoms with van der Waals surface area (Å²) in [6.45, 7) is 4.46. The number of nitrogens with zero attached hydrogens (tertiary/aromatic N) is 3. The van der Waals surface area contributed by atoms with Gasteiger partial charge in [0.2, 0.25) is 15.9 Å². The molecule has 0 bridgehead atoms. The summed E-state index contributed by atoms with van der Waals surface area (Å²) in [4.78, 5) is 27.9. The maximum Gasteiger partial charge on any atom is 0.409 e. The third-order valence-electron chi connectivity index (χ3n) is 5.58. The number of hydrogen-bond acceptors (Lipinski definition) is 5. The van der Waals surface area contributed by atoms with Crippen LogP contribution < -0.4 is 0 Å². The van der Waals surface area contributed by atoms with Crippen LogP contribution in [0.1, 0.15) is 25.3 Å². The average Bonchev–Trinajstić information content (AvgIpc) is 2.75. The Morgan fingerprint density at radius 1 is 1.00 bits per heavy atom. The third kappa shape index (κ3) is 5.48. The summed E-state index contributed by atoms with van der Waals surface area (Å²) in [7, 11) is -3.52. The largest absolute Gasteiger partial charge is 0.450 e. The zero-order valence-electron chi connectivity index (χ0n) is 17.1. The number of amides is 2. The minimum atomic E-state index is -3.52. The highest BCUT2D eigenvalue weighted by molar-refractivity contribution is 7.88. The fraction of sp³-hybridized carbons (Fsp3) is 0.600. The standard InChI is InChI=1S/C20H28FN3O5S/c1-2-29-20(26)23-13-11-22(12-14-23)19(25)17-7-9-24(10-8-17)30(27,28)15-16-3-5-18(21)6-4-16/h3-6,17H,2,7-15H2,1H3. The zero-order chi connectivity index (χ0) is 21.7. The molecule has 1 aromatic rings. The van der Waals surface area contributed by atoms with Crippen LogP contribution in [0.15, 0.2) is 24.3 Å². The molecular formula is C20H28FN3O5S. The van der Waals surface area contributed by atoms with Gasteiger partial charge < -0.3 is 14.5 Å². The van der Waals surface area contributed by atoms with Crippen molar-refractivity contribution in [2.24, 2.45) is 5.92 Å². The van der Waals surface area contributed by atoms with E-state index in [1.165, 1.54) is 28.6 Å². The maximum absolute atomic E-state index is 13.0. The first-order chi connectivity index (χ1) is 14.3. The van der Waals surface area contributed by atoms with E-state index in [1.54, 1.807) is 16.7 Å². The van der Waals surface area contributed by atoms with Crippen molar-refractivity contribution in [2.45, 2.75) is 25.5 Å². The summed E-state index contributed by atoms with van der Waals surface area (Å²) < 4.78 is 44.7. The van der Waals surface area contributed by atoms with Crippen molar-refractivity contribution in [1.29, 1.82) is 0 Å². The van der Waals surface area contributed by atoms with E-state index in [2.05, 4.69) is 0 Å². The van der Waals surface area contributed by atoms with E-state index in [4.69, 9.17) is 4.74 Å². The predicted octanol–water partition coefficient (Wildman–Crippen LogP) is 1.67. The summed E-state index contributed by atoms with van der Waals surface area (Å²) in [5.74, 6) is -0.772. The Morgan fingerprint density at radius 3 is 2.13 bits per heavy atom. The van der Waals surface area contributed by atoms with E-state index in [0.717, 1.165) is 0 Å². The minimum absolute atomic E-state index is 0.0223. The lowest BCUT2D eigenvalue weighted by Crippen LogP contribution is -2.53. The van der Waals surface area contributed by atoms with Crippen LogP contribution in [0.5, 0.6) is 0 Å². The van der Waals surface area contributed by atoms with Crippen molar-refractivity contribution < 1.29 is 27.1 Å². The van der Waals surface area contributed by atoms with E-state index in [-0.39, 0.29) is 23.7 Å². The quantitative estimate of drug-likeness (QED) is 0.694. The molecule has 30 heavy (non-hydrogen) atoms. The van der Waals surface area contributed by atoms with Crippen LogP contribution in [0.3, 0.4) is 0 Å². The van der Waals surface area contributed by atoms with Crippen molar-refractivity contribution in [2.75, 3.05) is 45.9 Å². The lowest BCUT2D eigenvalue weighted by Gasteiger charge is -2.38. The first-order valence-electron chi connectivity index (χ1n) is 10.2. The second-order valence-corrected chi connectivity index (χ2v) is 9.54. The van der Waals surface area contributed by atoms with Crippen LogP contribution in [0.25, 0.3) is 0 Å². The molecule has 10 heteroatoms. The predicted molar refractivity (Wildman–Crippen MR) is 108 cm³/mol. The van der Waals surface area contributed by atoms with Gasteiger partial charge in [0.25, 0.3) is 0 Å². The number of piperazine rings is 1. The lowest BCUT2D eigenvalue weighted by molar-refractivity contribution is -0.138. The Labute approximate surface area is 176 Å². The van der Waals surface area contributed by atoms with E-state index >= 15 is 0 Å². The Kier molecular flexibility index (Phi) is 7.30. The normalized spacial score (nSPS) is 19.0. The molecule has 2 aliphatic rings. The smallest absolute Gasteiger partial charge is 0.409 e. The van der Waals surface area contributed by atoms with E-state index in [1.807, 2.05) is 0 Å². The Morgan fingerprint density at radius 2 is 1.57 bits per heavy atom. The van der Waals surface area contributed by atoms with Gasteiger partial charge in [-0.1, -0.05) is 12.1 Å². The molecule has 166 valence electrons. The molecule has 1 aromatic carbocycles. The topological polar surface area (TPSA) is 87.2 Å². The molecule has 0 saturated carbocycles. The van der Waals surface area contributed by atoms with Crippen LogP contribution in [-0.4, -0.2) is 80.4 Å². The van der Waals surface area contributed by atoms with E-state index < -0.39 is 15.8 Å². The molecular weight excluding hydrogens is 413 g/mol. The molecule has 2 amide bonds. The van der Waals surface area contributed by atoms with Crippen molar-refractivity contribution in [1.82, 2.24) is 14.1 Å². The average molecular weight is 442 g/mol. The highest BCUT2D eigenvalue weighted by Gasteiger charge is 2.34. The number of piperidine rings is 1. The second-order valence-electron chi connectivity index (χ2n) is 7.57. The molecule has 0 N–H and O–H groups in total. The number of ether oxygens (including phenoxy) is 1. The summed E-state index contributed by atoms with van der Waals surface area (Å²) in [6, 6.07) is 5.44. The number of hydrogen-bond donors (Lipinski definition) is 0. The molecule has 3 rings (SSSR count). The lowest BCUT2D eigenvalue weighted by atomic mass is 9.96. The van der Waals surface area contributed by atoms with Crippen LogP contribution in [0, 0.1) is 11.7 Å². The van der Waals surface area contributed by atoms with Gasteiger partial charge in [-0.3, -0.25) is 4.79 Å². The number of carbonyl (C=O) groups excluding carboxylic acids is 2. The van der Waals surface area contributed by atoms with Gasteiger partial charge in [-0.25, -0.2) is 21.9 Å². The van der Waals surface area contributed by atoms with Gasteiger partial charge in [0.1, 0.15) is 5.82 Å². The third-order valence-corrected chi connectivity index (χ3v) is 7.43. The summed E-state index contributed by atoms with van der Waals surface area (Å²) in [6.07, 6.45) is 0.586. The van der Waals surface area contributed by atoms with Gasteiger partial charge >= 0.3 is 6.09 Å². The van der Waals surface area contributed by atoms with Crippen LogP contribution in [0.4, 0.5) is 9.18 Å². The minimum Gasteiger partial charge on any atom is -0.450 e. The molecule has 2 fully saturated rings. The molecule has 2 saturated heterocycles. The van der Waals surface area contributed by atoms with E-state index in [0.29, 0.717) is 64.3 Å². The van der Waals surface area contributed by atoms with Crippen molar-refractivity contribution in [3.05, 3.63) is 35.6 Å². The Hall–Kier alpha value is -2.20. The Bertz CT molecular complexity index is 846. The number of carbonyl (C=O) groups is 2. The van der Waals surface area contributed by atoms with Crippen LogP contribution in [-0.2, 0) is 25.3 Å². The van der Waals surface area contributed by atoms with Crippen LogP contribution in [0.2, 0.25) is 0 Å². The monoisotopic (exact) mass is 441 g/mol.